The number of para-hydroxylation sites is 1. The summed E-state index contributed by atoms with van der Waals surface area (Å²) in [6.07, 6.45) is 1.42. The zero-order valence-corrected chi connectivity index (χ0v) is 15.7. The minimum absolute atomic E-state index is 0.105. The van der Waals surface area contributed by atoms with Crippen LogP contribution in [0.15, 0.2) is 57.7 Å². The maximum atomic E-state index is 13.1. The van der Waals surface area contributed by atoms with Gasteiger partial charge in [-0.05, 0) is 55.7 Å². The minimum atomic E-state index is -0.510. The van der Waals surface area contributed by atoms with Crippen LogP contribution in [-0.4, -0.2) is 30.6 Å². The van der Waals surface area contributed by atoms with Crippen molar-refractivity contribution in [3.63, 3.8) is 0 Å². The second-order valence-corrected chi connectivity index (χ2v) is 6.90. The summed E-state index contributed by atoms with van der Waals surface area (Å²) in [5.41, 5.74) is 1.95. The molecule has 0 atom stereocenters. The summed E-state index contributed by atoms with van der Waals surface area (Å²) in [5.74, 6) is -0.0355. The first kappa shape index (κ1) is 18.1. The van der Waals surface area contributed by atoms with Crippen LogP contribution in [0.1, 0.15) is 18.9 Å². The fourth-order valence-electron chi connectivity index (χ4n) is 3.82. The number of amides is 1. The van der Waals surface area contributed by atoms with Gasteiger partial charge in [-0.15, -0.1) is 0 Å². The molecule has 1 aliphatic heterocycles. The summed E-state index contributed by atoms with van der Waals surface area (Å²) >= 11 is 0. The second kappa shape index (κ2) is 7.38. The average molecular weight is 378 g/mol. The average Bonchev–Trinajstić information content (AvgIpc) is 2.72. The number of anilines is 2. The zero-order chi connectivity index (χ0) is 19.7. The summed E-state index contributed by atoms with van der Waals surface area (Å²) in [6.45, 7) is 3.33. The van der Waals surface area contributed by atoms with Gasteiger partial charge in [0.2, 0.25) is 5.91 Å². The first-order chi connectivity index (χ1) is 13.6. The Kier molecular flexibility index (Phi) is 4.77. The Hall–Kier alpha value is -3.28. The highest BCUT2D eigenvalue weighted by Crippen LogP contribution is 2.32. The number of aromatic hydroxyl groups is 1. The van der Waals surface area contributed by atoms with Crippen molar-refractivity contribution in [1.29, 1.82) is 0 Å². The lowest BCUT2D eigenvalue weighted by atomic mass is 9.98. The molecule has 4 rings (SSSR count). The number of hydrogen-bond acceptors (Lipinski definition) is 5. The fraction of sp³-hybridized carbons (Fsp3) is 0.273. The highest BCUT2D eigenvalue weighted by molar-refractivity contribution is 6.00. The van der Waals surface area contributed by atoms with E-state index >= 15 is 0 Å². The molecule has 0 spiro atoms. The Labute approximate surface area is 162 Å². The van der Waals surface area contributed by atoms with E-state index in [4.69, 9.17) is 4.42 Å². The normalized spacial score (nSPS) is 13.4. The predicted octanol–water partition coefficient (Wildman–Crippen LogP) is 3.30. The van der Waals surface area contributed by atoms with E-state index in [1.54, 1.807) is 17.0 Å². The summed E-state index contributed by atoms with van der Waals surface area (Å²) in [5, 5.41) is 10.5. The Balaban J connectivity index is 1.71. The third-order valence-electron chi connectivity index (χ3n) is 5.18. The van der Waals surface area contributed by atoms with E-state index in [-0.39, 0.29) is 18.2 Å². The maximum Gasteiger partial charge on any atom is 0.360 e. The number of phenols is 1. The van der Waals surface area contributed by atoms with Gasteiger partial charge in [0.25, 0.3) is 0 Å². The molecule has 3 aromatic rings. The molecule has 0 saturated carbocycles. The van der Waals surface area contributed by atoms with E-state index in [9.17, 15) is 14.7 Å². The van der Waals surface area contributed by atoms with Crippen molar-refractivity contribution < 1.29 is 14.3 Å². The Morgan fingerprint density at radius 3 is 2.75 bits per heavy atom. The number of carbonyl (C=O) groups excluding carboxylic acids is 1. The van der Waals surface area contributed by atoms with E-state index < -0.39 is 5.63 Å². The van der Waals surface area contributed by atoms with Crippen LogP contribution in [0.5, 0.6) is 5.75 Å². The molecule has 6 heteroatoms. The van der Waals surface area contributed by atoms with Crippen LogP contribution < -0.4 is 15.4 Å². The van der Waals surface area contributed by atoms with Gasteiger partial charge in [0.15, 0.2) is 0 Å². The van der Waals surface area contributed by atoms with Gasteiger partial charge < -0.3 is 19.3 Å². The number of nitrogens with zero attached hydrogens (tertiary/aromatic N) is 2. The molecule has 144 valence electrons. The molecule has 0 radical (unpaired) electrons. The smallest absolute Gasteiger partial charge is 0.360 e. The summed E-state index contributed by atoms with van der Waals surface area (Å²) in [4.78, 5) is 29.3. The van der Waals surface area contributed by atoms with Gasteiger partial charge in [-0.3, -0.25) is 4.79 Å². The first-order valence-corrected chi connectivity index (χ1v) is 9.47. The molecule has 2 heterocycles. The van der Waals surface area contributed by atoms with Crippen molar-refractivity contribution in [1.82, 2.24) is 0 Å². The molecule has 0 saturated heterocycles. The van der Waals surface area contributed by atoms with E-state index in [1.165, 1.54) is 6.07 Å². The number of aryl methyl sites for hydroxylation is 1. The predicted molar refractivity (Wildman–Crippen MR) is 109 cm³/mol. The lowest BCUT2D eigenvalue weighted by Crippen LogP contribution is -2.45. The molecule has 1 N–H and O–H groups in total. The molecular formula is C22H22N2O4. The van der Waals surface area contributed by atoms with Crippen LogP contribution in [0.4, 0.5) is 11.4 Å². The second-order valence-electron chi connectivity index (χ2n) is 6.90. The van der Waals surface area contributed by atoms with Crippen molar-refractivity contribution in [2.45, 2.75) is 19.8 Å². The largest absolute Gasteiger partial charge is 0.508 e. The molecule has 1 aromatic heterocycles. The van der Waals surface area contributed by atoms with Crippen molar-refractivity contribution in [3.8, 4) is 5.75 Å². The highest BCUT2D eigenvalue weighted by Gasteiger charge is 2.29. The molecule has 28 heavy (non-hydrogen) atoms. The van der Waals surface area contributed by atoms with Crippen LogP contribution in [-0.2, 0) is 11.2 Å². The monoisotopic (exact) mass is 378 g/mol. The van der Waals surface area contributed by atoms with E-state index in [1.807, 2.05) is 42.2 Å². The zero-order valence-electron chi connectivity index (χ0n) is 15.7. The standard InChI is InChI=1S/C22H22N2O4/c1-2-23(15-7-4-3-5-8-15)14-20(26)24-12-6-9-17-18-13-16(25)10-11-19(18)28-22(27)21(17)24/h3-5,7-8,10-11,13,25H,2,6,9,12,14H2,1H3. The van der Waals surface area contributed by atoms with Crippen LogP contribution >= 0.6 is 0 Å². The number of likely N-dealkylation sites (N-methyl/N-ethyl adjacent to an activating group) is 1. The Bertz CT molecular complexity index is 1080. The van der Waals surface area contributed by atoms with Gasteiger partial charge in [-0.25, -0.2) is 4.79 Å². The van der Waals surface area contributed by atoms with Crippen LogP contribution in [0.3, 0.4) is 0 Å². The molecule has 0 bridgehead atoms. The number of phenolic OH excluding ortho intramolecular Hbond substituents is 1. The molecule has 0 unspecified atom stereocenters. The lowest BCUT2D eigenvalue weighted by molar-refractivity contribution is -0.117. The summed E-state index contributed by atoms with van der Waals surface area (Å²) in [7, 11) is 0. The first-order valence-electron chi connectivity index (χ1n) is 9.47. The van der Waals surface area contributed by atoms with Gasteiger partial charge in [-0.1, -0.05) is 18.2 Å². The Morgan fingerprint density at radius 1 is 1.21 bits per heavy atom. The highest BCUT2D eigenvalue weighted by atomic mass is 16.4. The van der Waals surface area contributed by atoms with Gasteiger partial charge in [0, 0.05) is 24.2 Å². The van der Waals surface area contributed by atoms with Crippen molar-refractivity contribution >= 4 is 28.3 Å². The summed E-state index contributed by atoms with van der Waals surface area (Å²) < 4.78 is 5.44. The van der Waals surface area contributed by atoms with Gasteiger partial charge in [-0.2, -0.15) is 0 Å². The topological polar surface area (TPSA) is 74.0 Å². The molecule has 0 fully saturated rings. The van der Waals surface area contributed by atoms with Crippen LogP contribution in [0.25, 0.3) is 11.0 Å². The number of hydrogen-bond donors (Lipinski definition) is 1. The fourth-order valence-corrected chi connectivity index (χ4v) is 3.82. The third kappa shape index (κ3) is 3.22. The maximum absolute atomic E-state index is 13.1. The third-order valence-corrected chi connectivity index (χ3v) is 5.18. The molecule has 0 aliphatic carbocycles. The van der Waals surface area contributed by atoms with Crippen molar-refractivity contribution in [2.75, 3.05) is 29.4 Å². The SMILES string of the molecule is CCN(CC(=O)N1CCCc2c1c(=O)oc1ccc(O)cc21)c1ccccc1. The van der Waals surface area contributed by atoms with Gasteiger partial charge in [0.1, 0.15) is 17.0 Å². The number of carbonyl (C=O) groups is 1. The number of benzene rings is 2. The molecule has 6 nitrogen and oxygen atoms in total. The van der Waals surface area contributed by atoms with E-state index in [0.717, 1.165) is 17.7 Å². The number of rotatable bonds is 4. The molecule has 2 aromatic carbocycles. The summed E-state index contributed by atoms with van der Waals surface area (Å²) in [6, 6.07) is 14.4. The van der Waals surface area contributed by atoms with Crippen LogP contribution in [0.2, 0.25) is 0 Å². The quantitative estimate of drug-likeness (QED) is 0.705. The number of fused-ring (bicyclic) bond motifs is 3. The molecule has 1 amide bonds. The Morgan fingerprint density at radius 2 is 2.00 bits per heavy atom. The van der Waals surface area contributed by atoms with Crippen molar-refractivity contribution in [3.05, 3.63) is 64.5 Å². The van der Waals surface area contributed by atoms with Crippen molar-refractivity contribution in [2.24, 2.45) is 0 Å². The minimum Gasteiger partial charge on any atom is -0.508 e. The van der Waals surface area contributed by atoms with Gasteiger partial charge >= 0.3 is 5.63 Å². The van der Waals surface area contributed by atoms with Crippen LogP contribution in [0, 0.1) is 0 Å². The molecule has 1 aliphatic rings. The lowest BCUT2D eigenvalue weighted by Gasteiger charge is -2.31. The van der Waals surface area contributed by atoms with E-state index in [0.29, 0.717) is 36.2 Å². The molecular weight excluding hydrogens is 356 g/mol. The van der Waals surface area contributed by atoms with E-state index in [2.05, 4.69) is 0 Å². The van der Waals surface area contributed by atoms with Gasteiger partial charge in [0.05, 0.1) is 6.54 Å².